The summed E-state index contributed by atoms with van der Waals surface area (Å²) < 4.78 is 0. The summed E-state index contributed by atoms with van der Waals surface area (Å²) in [5.41, 5.74) is 0.480. The van der Waals surface area contributed by atoms with Gasteiger partial charge in [0.1, 0.15) is 0 Å². The fourth-order valence-corrected chi connectivity index (χ4v) is 2.97. The average molecular weight is 254 g/mol. The van der Waals surface area contributed by atoms with Crippen molar-refractivity contribution in [1.82, 2.24) is 10.2 Å². The van der Waals surface area contributed by atoms with Gasteiger partial charge in [-0.3, -0.25) is 4.90 Å². The van der Waals surface area contributed by atoms with Crippen LogP contribution in [0.25, 0.3) is 0 Å². The molecule has 0 radical (unpaired) electrons. The minimum Gasteiger partial charge on any atom is -0.311 e. The SMILES string of the molecule is CCCCCC(C)(C)CN1CCNC(C(C)C)C1. The highest BCUT2D eigenvalue weighted by molar-refractivity contribution is 4.84. The maximum atomic E-state index is 3.64. The standard InChI is InChI=1S/C16H34N2/c1-6-7-8-9-16(4,5)13-18-11-10-17-15(12-18)14(2)3/h14-15,17H,6-13H2,1-5H3. The first-order valence-corrected chi connectivity index (χ1v) is 7.90. The minimum atomic E-state index is 0.480. The molecule has 1 unspecified atom stereocenters. The van der Waals surface area contributed by atoms with E-state index < -0.39 is 0 Å². The van der Waals surface area contributed by atoms with Gasteiger partial charge < -0.3 is 5.32 Å². The summed E-state index contributed by atoms with van der Waals surface area (Å²) in [6.07, 6.45) is 5.49. The molecule has 1 atom stereocenters. The van der Waals surface area contributed by atoms with E-state index >= 15 is 0 Å². The molecule has 0 bridgehead atoms. The van der Waals surface area contributed by atoms with Gasteiger partial charge in [0.2, 0.25) is 0 Å². The number of rotatable bonds is 7. The summed E-state index contributed by atoms with van der Waals surface area (Å²) in [4.78, 5) is 2.67. The maximum absolute atomic E-state index is 3.64. The molecule has 2 nitrogen and oxygen atoms in total. The van der Waals surface area contributed by atoms with Crippen molar-refractivity contribution in [2.45, 2.75) is 66.3 Å². The van der Waals surface area contributed by atoms with Crippen molar-refractivity contribution in [2.24, 2.45) is 11.3 Å². The summed E-state index contributed by atoms with van der Waals surface area (Å²) in [6, 6.07) is 0.685. The van der Waals surface area contributed by atoms with Gasteiger partial charge in [-0.15, -0.1) is 0 Å². The molecule has 1 N–H and O–H groups in total. The Bertz CT molecular complexity index is 223. The molecular formula is C16H34N2. The molecule has 0 aromatic rings. The molecule has 1 saturated heterocycles. The van der Waals surface area contributed by atoms with Crippen LogP contribution in [0.15, 0.2) is 0 Å². The van der Waals surface area contributed by atoms with Crippen LogP contribution >= 0.6 is 0 Å². The first kappa shape index (κ1) is 16.0. The lowest BCUT2D eigenvalue weighted by Gasteiger charge is -2.40. The molecule has 108 valence electrons. The second kappa shape index (κ2) is 7.49. The Kier molecular flexibility index (Phi) is 6.65. The van der Waals surface area contributed by atoms with E-state index in [-0.39, 0.29) is 0 Å². The number of hydrogen-bond acceptors (Lipinski definition) is 2. The Morgan fingerprint density at radius 1 is 1.28 bits per heavy atom. The highest BCUT2D eigenvalue weighted by Crippen LogP contribution is 2.25. The van der Waals surface area contributed by atoms with Crippen molar-refractivity contribution in [3.05, 3.63) is 0 Å². The zero-order valence-corrected chi connectivity index (χ0v) is 13.3. The molecule has 1 aliphatic rings. The number of nitrogens with one attached hydrogen (secondary N) is 1. The lowest BCUT2D eigenvalue weighted by atomic mass is 9.85. The zero-order chi connectivity index (χ0) is 13.6. The molecule has 0 aromatic carbocycles. The topological polar surface area (TPSA) is 15.3 Å². The third kappa shape index (κ3) is 5.71. The van der Waals surface area contributed by atoms with Gasteiger partial charge in [0.05, 0.1) is 0 Å². The maximum Gasteiger partial charge on any atom is 0.0218 e. The Hall–Kier alpha value is -0.0800. The predicted octanol–water partition coefficient (Wildman–Crippen LogP) is 3.52. The fraction of sp³-hybridized carbons (Fsp3) is 1.00. The van der Waals surface area contributed by atoms with Crippen LogP contribution in [-0.2, 0) is 0 Å². The lowest BCUT2D eigenvalue weighted by Crippen LogP contribution is -2.54. The van der Waals surface area contributed by atoms with Gasteiger partial charge in [-0.1, -0.05) is 53.9 Å². The minimum absolute atomic E-state index is 0.480. The van der Waals surface area contributed by atoms with Gasteiger partial charge >= 0.3 is 0 Å². The van der Waals surface area contributed by atoms with E-state index in [0.717, 1.165) is 12.5 Å². The monoisotopic (exact) mass is 254 g/mol. The molecule has 0 aromatic heterocycles. The normalized spacial score (nSPS) is 22.7. The zero-order valence-electron chi connectivity index (χ0n) is 13.3. The molecule has 1 fully saturated rings. The molecule has 18 heavy (non-hydrogen) atoms. The smallest absolute Gasteiger partial charge is 0.0218 e. The number of hydrogen-bond donors (Lipinski definition) is 1. The van der Waals surface area contributed by atoms with Crippen molar-refractivity contribution in [1.29, 1.82) is 0 Å². The molecule has 1 aliphatic heterocycles. The largest absolute Gasteiger partial charge is 0.311 e. The van der Waals surface area contributed by atoms with Crippen molar-refractivity contribution in [3.63, 3.8) is 0 Å². The van der Waals surface area contributed by atoms with Gasteiger partial charge in [-0.25, -0.2) is 0 Å². The summed E-state index contributed by atoms with van der Waals surface area (Å²) >= 11 is 0. The van der Waals surface area contributed by atoms with E-state index in [9.17, 15) is 0 Å². The van der Waals surface area contributed by atoms with Crippen LogP contribution < -0.4 is 5.32 Å². The Morgan fingerprint density at radius 2 is 2.00 bits per heavy atom. The molecule has 0 saturated carbocycles. The molecule has 0 spiro atoms. The highest BCUT2D eigenvalue weighted by Gasteiger charge is 2.26. The van der Waals surface area contributed by atoms with Crippen molar-refractivity contribution < 1.29 is 0 Å². The van der Waals surface area contributed by atoms with Crippen molar-refractivity contribution >= 4 is 0 Å². The Labute approximate surface area is 115 Å². The molecule has 0 aliphatic carbocycles. The molecule has 1 heterocycles. The second-order valence-electron chi connectivity index (χ2n) is 7.16. The fourth-order valence-electron chi connectivity index (χ4n) is 2.97. The summed E-state index contributed by atoms with van der Waals surface area (Å²) in [5, 5.41) is 3.64. The van der Waals surface area contributed by atoms with Gasteiger partial charge in [0.15, 0.2) is 0 Å². The molecular weight excluding hydrogens is 220 g/mol. The Balaban J connectivity index is 2.35. The van der Waals surface area contributed by atoms with E-state index in [0.29, 0.717) is 11.5 Å². The van der Waals surface area contributed by atoms with E-state index in [2.05, 4.69) is 44.8 Å². The number of nitrogens with zero attached hydrogens (tertiary/aromatic N) is 1. The van der Waals surface area contributed by atoms with Crippen LogP contribution in [0, 0.1) is 11.3 Å². The second-order valence-corrected chi connectivity index (χ2v) is 7.16. The van der Waals surface area contributed by atoms with Crippen LogP contribution in [0.4, 0.5) is 0 Å². The van der Waals surface area contributed by atoms with Gasteiger partial charge in [-0.2, -0.15) is 0 Å². The van der Waals surface area contributed by atoms with Crippen LogP contribution in [0.1, 0.15) is 60.3 Å². The van der Waals surface area contributed by atoms with Crippen LogP contribution in [0.2, 0.25) is 0 Å². The molecule has 2 heteroatoms. The third-order valence-electron chi connectivity index (χ3n) is 4.20. The summed E-state index contributed by atoms with van der Waals surface area (Å²) in [6.45, 7) is 16.7. The van der Waals surface area contributed by atoms with Crippen molar-refractivity contribution in [2.75, 3.05) is 26.2 Å². The summed E-state index contributed by atoms with van der Waals surface area (Å²) in [5.74, 6) is 0.746. The van der Waals surface area contributed by atoms with Gasteiger partial charge in [-0.05, 0) is 17.8 Å². The average Bonchev–Trinajstić information content (AvgIpc) is 2.28. The van der Waals surface area contributed by atoms with Gasteiger partial charge in [0, 0.05) is 32.2 Å². The first-order valence-electron chi connectivity index (χ1n) is 7.90. The van der Waals surface area contributed by atoms with Crippen molar-refractivity contribution in [3.8, 4) is 0 Å². The number of piperazine rings is 1. The summed E-state index contributed by atoms with van der Waals surface area (Å²) in [7, 11) is 0. The Morgan fingerprint density at radius 3 is 2.61 bits per heavy atom. The van der Waals surface area contributed by atoms with Crippen LogP contribution in [0.5, 0.6) is 0 Å². The van der Waals surface area contributed by atoms with E-state index in [4.69, 9.17) is 0 Å². The molecule has 0 amide bonds. The predicted molar refractivity (Wildman–Crippen MR) is 81.0 cm³/mol. The molecule has 1 rings (SSSR count). The van der Waals surface area contributed by atoms with E-state index in [1.807, 2.05) is 0 Å². The van der Waals surface area contributed by atoms with E-state index in [1.54, 1.807) is 0 Å². The van der Waals surface area contributed by atoms with E-state index in [1.165, 1.54) is 45.3 Å². The third-order valence-corrected chi connectivity index (χ3v) is 4.20. The quantitative estimate of drug-likeness (QED) is 0.699. The van der Waals surface area contributed by atoms with Crippen LogP contribution in [-0.4, -0.2) is 37.1 Å². The number of unbranched alkanes of at least 4 members (excludes halogenated alkanes) is 2. The van der Waals surface area contributed by atoms with Crippen LogP contribution in [0.3, 0.4) is 0 Å². The highest BCUT2D eigenvalue weighted by atomic mass is 15.2. The lowest BCUT2D eigenvalue weighted by molar-refractivity contribution is 0.117. The van der Waals surface area contributed by atoms with Gasteiger partial charge in [0.25, 0.3) is 0 Å². The first-order chi connectivity index (χ1) is 8.44.